The first-order valence-corrected chi connectivity index (χ1v) is 9.11. The summed E-state index contributed by atoms with van der Waals surface area (Å²) < 4.78 is 7.59. The summed E-state index contributed by atoms with van der Waals surface area (Å²) in [5, 5.41) is 18.9. The largest absolute Gasteiger partial charge is 0.465 e. The first-order valence-electron chi connectivity index (χ1n) is 9.11. The summed E-state index contributed by atoms with van der Waals surface area (Å²) in [6, 6.07) is 14.0. The van der Waals surface area contributed by atoms with E-state index in [9.17, 15) is 5.11 Å². The molecule has 4 rings (SSSR count). The first-order chi connectivity index (χ1) is 12.7. The van der Waals surface area contributed by atoms with Gasteiger partial charge < -0.3 is 9.52 Å². The lowest BCUT2D eigenvalue weighted by molar-refractivity contribution is 0.161. The molecule has 6 nitrogen and oxygen atoms in total. The van der Waals surface area contributed by atoms with Crippen LogP contribution in [0.5, 0.6) is 0 Å². The Balaban J connectivity index is 1.35. The topological polar surface area (TPSA) is 67.3 Å². The number of furan rings is 1. The van der Waals surface area contributed by atoms with E-state index in [1.54, 1.807) is 0 Å². The van der Waals surface area contributed by atoms with Crippen molar-refractivity contribution in [2.75, 3.05) is 13.1 Å². The molecule has 1 saturated heterocycles. The lowest BCUT2D eigenvalue weighted by atomic mass is 10.0. The number of aromatic nitrogens is 3. The van der Waals surface area contributed by atoms with Crippen molar-refractivity contribution in [2.45, 2.75) is 38.5 Å². The highest BCUT2D eigenvalue weighted by Gasteiger charge is 2.23. The van der Waals surface area contributed by atoms with Crippen molar-refractivity contribution < 1.29 is 9.52 Å². The van der Waals surface area contributed by atoms with Crippen molar-refractivity contribution >= 4 is 0 Å². The summed E-state index contributed by atoms with van der Waals surface area (Å²) in [6.07, 6.45) is 3.19. The van der Waals surface area contributed by atoms with Crippen LogP contribution in [0.4, 0.5) is 0 Å². The van der Waals surface area contributed by atoms with Crippen LogP contribution < -0.4 is 0 Å². The molecule has 136 valence electrons. The van der Waals surface area contributed by atoms with Crippen LogP contribution in [0.25, 0.3) is 0 Å². The zero-order valence-corrected chi connectivity index (χ0v) is 15.0. The van der Waals surface area contributed by atoms with Crippen LogP contribution in [0.15, 0.2) is 53.1 Å². The number of aliphatic hydroxyl groups excluding tert-OH is 1. The van der Waals surface area contributed by atoms with Crippen LogP contribution in [-0.4, -0.2) is 38.1 Å². The standard InChI is InChI=1S/C20H24N4O2/c1-15-7-8-18(26-15)13-23-11-9-17(10-12-23)24-14-19(21-22-24)20(25)16-5-3-2-4-6-16/h2-8,14,17,20,25H,9-13H2,1H3. The molecule has 2 aromatic heterocycles. The number of aliphatic hydroxyl groups is 1. The van der Waals surface area contributed by atoms with Crippen molar-refractivity contribution in [3.8, 4) is 0 Å². The van der Waals surface area contributed by atoms with Gasteiger partial charge in [0.1, 0.15) is 23.3 Å². The maximum absolute atomic E-state index is 10.5. The minimum atomic E-state index is -0.729. The molecule has 0 bridgehead atoms. The molecule has 1 aromatic carbocycles. The fraction of sp³-hybridized carbons (Fsp3) is 0.400. The molecule has 1 fully saturated rings. The van der Waals surface area contributed by atoms with E-state index in [0.717, 1.165) is 49.6 Å². The first kappa shape index (κ1) is 17.0. The van der Waals surface area contributed by atoms with E-state index >= 15 is 0 Å². The Morgan fingerprint density at radius 2 is 1.92 bits per heavy atom. The number of rotatable bonds is 5. The van der Waals surface area contributed by atoms with Crippen LogP contribution in [-0.2, 0) is 6.54 Å². The summed E-state index contributed by atoms with van der Waals surface area (Å²) in [6.45, 7) is 4.83. The highest BCUT2D eigenvalue weighted by molar-refractivity contribution is 5.23. The van der Waals surface area contributed by atoms with Crippen molar-refractivity contribution in [2.24, 2.45) is 0 Å². The molecule has 1 aliphatic heterocycles. The Morgan fingerprint density at radius 1 is 1.15 bits per heavy atom. The van der Waals surface area contributed by atoms with E-state index in [0.29, 0.717) is 11.7 Å². The molecule has 26 heavy (non-hydrogen) atoms. The molecular weight excluding hydrogens is 328 g/mol. The number of benzene rings is 1. The number of hydrogen-bond acceptors (Lipinski definition) is 5. The summed E-state index contributed by atoms with van der Waals surface area (Å²) >= 11 is 0. The van der Waals surface area contributed by atoms with Crippen LogP contribution in [0.3, 0.4) is 0 Å². The molecule has 0 radical (unpaired) electrons. The summed E-state index contributed by atoms with van der Waals surface area (Å²) in [7, 11) is 0. The lowest BCUT2D eigenvalue weighted by Crippen LogP contribution is -2.34. The van der Waals surface area contributed by atoms with E-state index in [4.69, 9.17) is 4.42 Å². The third kappa shape index (κ3) is 3.71. The average molecular weight is 352 g/mol. The van der Waals surface area contributed by atoms with Gasteiger partial charge in [-0.25, -0.2) is 4.68 Å². The highest BCUT2D eigenvalue weighted by atomic mass is 16.3. The molecule has 1 atom stereocenters. The van der Waals surface area contributed by atoms with Gasteiger partial charge in [0, 0.05) is 13.1 Å². The molecule has 0 saturated carbocycles. The number of nitrogens with zero attached hydrogens (tertiary/aromatic N) is 4. The Morgan fingerprint density at radius 3 is 2.62 bits per heavy atom. The molecule has 3 heterocycles. The normalized spacial score (nSPS) is 17.5. The van der Waals surface area contributed by atoms with Gasteiger partial charge in [0.2, 0.25) is 0 Å². The van der Waals surface area contributed by atoms with Crippen LogP contribution in [0.2, 0.25) is 0 Å². The minimum absolute atomic E-state index is 0.328. The van der Waals surface area contributed by atoms with Gasteiger partial charge >= 0.3 is 0 Å². The van der Waals surface area contributed by atoms with E-state index < -0.39 is 6.10 Å². The molecule has 1 N–H and O–H groups in total. The number of piperidine rings is 1. The van der Waals surface area contributed by atoms with Gasteiger partial charge in [-0.3, -0.25) is 4.90 Å². The van der Waals surface area contributed by atoms with Crippen LogP contribution in [0.1, 0.15) is 47.8 Å². The Hall–Kier alpha value is -2.44. The second kappa shape index (κ2) is 7.43. The van der Waals surface area contributed by atoms with Crippen LogP contribution in [0, 0.1) is 6.92 Å². The van der Waals surface area contributed by atoms with Gasteiger partial charge in [-0.2, -0.15) is 0 Å². The van der Waals surface area contributed by atoms with Gasteiger partial charge in [-0.05, 0) is 37.5 Å². The quantitative estimate of drug-likeness (QED) is 0.764. The number of likely N-dealkylation sites (tertiary alicyclic amines) is 1. The van der Waals surface area contributed by atoms with Crippen molar-refractivity contribution in [1.82, 2.24) is 19.9 Å². The fourth-order valence-electron chi connectivity index (χ4n) is 3.53. The monoisotopic (exact) mass is 352 g/mol. The number of hydrogen-bond donors (Lipinski definition) is 1. The number of aryl methyl sites for hydroxylation is 1. The lowest BCUT2D eigenvalue weighted by Gasteiger charge is -2.31. The third-order valence-corrected chi connectivity index (χ3v) is 5.03. The minimum Gasteiger partial charge on any atom is -0.465 e. The molecule has 1 aliphatic rings. The van der Waals surface area contributed by atoms with E-state index in [1.165, 1.54) is 0 Å². The maximum atomic E-state index is 10.5. The molecule has 0 amide bonds. The van der Waals surface area contributed by atoms with Gasteiger partial charge in [0.05, 0.1) is 18.8 Å². The zero-order chi connectivity index (χ0) is 17.9. The smallest absolute Gasteiger partial charge is 0.124 e. The van der Waals surface area contributed by atoms with E-state index in [2.05, 4.69) is 21.3 Å². The molecular formula is C20H24N4O2. The van der Waals surface area contributed by atoms with Crippen molar-refractivity contribution in [3.63, 3.8) is 0 Å². The van der Waals surface area contributed by atoms with E-state index in [1.807, 2.05) is 54.2 Å². The second-order valence-corrected chi connectivity index (χ2v) is 6.96. The summed E-state index contributed by atoms with van der Waals surface area (Å²) in [5.41, 5.74) is 1.44. The molecule has 3 aromatic rings. The summed E-state index contributed by atoms with van der Waals surface area (Å²) in [4.78, 5) is 2.41. The predicted octanol–water partition coefficient (Wildman–Crippen LogP) is 3.10. The van der Waals surface area contributed by atoms with Gasteiger partial charge in [0.25, 0.3) is 0 Å². The van der Waals surface area contributed by atoms with Crippen molar-refractivity contribution in [3.05, 3.63) is 71.4 Å². The van der Waals surface area contributed by atoms with Crippen LogP contribution >= 0.6 is 0 Å². The van der Waals surface area contributed by atoms with Crippen molar-refractivity contribution in [1.29, 1.82) is 0 Å². The third-order valence-electron chi connectivity index (χ3n) is 5.03. The molecule has 1 unspecified atom stereocenters. The second-order valence-electron chi connectivity index (χ2n) is 6.96. The molecule has 6 heteroatoms. The zero-order valence-electron chi connectivity index (χ0n) is 15.0. The van der Waals surface area contributed by atoms with E-state index in [-0.39, 0.29) is 0 Å². The van der Waals surface area contributed by atoms with Gasteiger partial charge in [-0.1, -0.05) is 35.5 Å². The SMILES string of the molecule is Cc1ccc(CN2CCC(n3cc(C(O)c4ccccc4)nn3)CC2)o1. The maximum Gasteiger partial charge on any atom is 0.124 e. The predicted molar refractivity (Wildman–Crippen MR) is 97.5 cm³/mol. The fourth-order valence-corrected chi connectivity index (χ4v) is 3.53. The Bertz CT molecular complexity index is 834. The molecule has 0 spiro atoms. The van der Waals surface area contributed by atoms with Gasteiger partial charge in [-0.15, -0.1) is 5.10 Å². The Labute approximate surface area is 153 Å². The summed E-state index contributed by atoms with van der Waals surface area (Å²) in [5.74, 6) is 1.98. The van der Waals surface area contributed by atoms with Gasteiger partial charge in [0.15, 0.2) is 0 Å². The highest BCUT2D eigenvalue weighted by Crippen LogP contribution is 2.25. The average Bonchev–Trinajstić information content (AvgIpc) is 3.32. The molecule has 0 aliphatic carbocycles. The Kier molecular flexibility index (Phi) is 4.86.